The number of hydrogen-bond donors (Lipinski definition) is 4. The molecule has 0 saturated carbocycles. The van der Waals surface area contributed by atoms with E-state index in [4.69, 9.17) is 27.1 Å². The van der Waals surface area contributed by atoms with Crippen LogP contribution in [0.5, 0.6) is 0 Å². The van der Waals surface area contributed by atoms with Crippen LogP contribution in [-0.2, 0) is 13.8 Å². The number of aliphatic hydroxyl groups is 1. The number of imidazole rings is 1. The van der Waals surface area contributed by atoms with Crippen LogP contribution in [0.3, 0.4) is 0 Å². The van der Waals surface area contributed by atoms with Crippen molar-refractivity contribution in [3.63, 3.8) is 0 Å². The van der Waals surface area contributed by atoms with Crippen molar-refractivity contribution in [1.82, 2.24) is 19.5 Å². The number of fused-ring (bicyclic) bond motifs is 2. The lowest BCUT2D eigenvalue weighted by Gasteiger charge is -2.27. The molecule has 2 saturated heterocycles. The van der Waals surface area contributed by atoms with Crippen molar-refractivity contribution in [2.75, 3.05) is 12.3 Å². The lowest BCUT2D eigenvalue weighted by Crippen LogP contribution is -2.41. The molecule has 2 aromatic heterocycles. The molecule has 4 heterocycles. The second-order valence-electron chi connectivity index (χ2n) is 5.24. The number of aromatic amines is 1. The standard InChI is InChI=1S/C10H12BN5O6P/c11-23(19)20-1-3-6(22-23)5(17)9(21-3)16-8-4(15-10(16)18)7(12)13-2-14-8/h2-3,5-6,9,17,19H,1H2,(H,15,18)(H2,12,13,14)/q+1/t3-,5?,6-,9-,23?/m1/s1. The van der Waals surface area contributed by atoms with Gasteiger partial charge >= 0.3 is 21.1 Å². The SMILES string of the molecule is [B][P+]1(O)OC[C@H]2O[C@@H](n3c(=O)[nH]c4c(N)ncnc43)C(O)[C@@H]2O1. The van der Waals surface area contributed by atoms with Crippen molar-refractivity contribution in [1.29, 1.82) is 0 Å². The molecule has 2 aromatic rings. The second kappa shape index (κ2) is 4.97. The van der Waals surface area contributed by atoms with Crippen molar-refractivity contribution in [2.24, 2.45) is 0 Å². The highest BCUT2D eigenvalue weighted by Crippen LogP contribution is 2.58. The number of nitrogens with one attached hydrogen (secondary N) is 1. The maximum Gasteiger partial charge on any atom is 0.488 e. The first kappa shape index (κ1) is 15.0. The Morgan fingerprint density at radius 1 is 1.52 bits per heavy atom. The lowest BCUT2D eigenvalue weighted by molar-refractivity contribution is -0.0612. The van der Waals surface area contributed by atoms with Crippen LogP contribution in [0.2, 0.25) is 0 Å². The quantitative estimate of drug-likeness (QED) is 0.348. The van der Waals surface area contributed by atoms with E-state index < -0.39 is 38.1 Å². The Hall–Kier alpha value is -1.56. The highest BCUT2D eigenvalue weighted by molar-refractivity contribution is 7.85. The molecule has 5 N–H and O–H groups in total. The molecule has 2 radical (unpaired) electrons. The molecule has 5 atom stereocenters. The van der Waals surface area contributed by atoms with E-state index >= 15 is 0 Å². The molecule has 0 aliphatic carbocycles. The molecule has 2 unspecified atom stereocenters. The van der Waals surface area contributed by atoms with Gasteiger partial charge in [0.1, 0.15) is 30.7 Å². The van der Waals surface area contributed by atoms with Gasteiger partial charge in [-0.15, -0.1) is 0 Å². The summed E-state index contributed by atoms with van der Waals surface area (Å²) in [6.07, 6.45) is -2.77. The van der Waals surface area contributed by atoms with Crippen LogP contribution in [0.4, 0.5) is 5.82 Å². The molecule has 120 valence electrons. The zero-order chi connectivity index (χ0) is 16.4. The summed E-state index contributed by atoms with van der Waals surface area (Å²) >= 11 is 0. The predicted octanol–water partition coefficient (Wildman–Crippen LogP) is -1.79. The minimum atomic E-state index is -3.50. The third-order valence-electron chi connectivity index (χ3n) is 3.80. The summed E-state index contributed by atoms with van der Waals surface area (Å²) in [5.74, 6) is 0.0950. The Morgan fingerprint density at radius 3 is 3.09 bits per heavy atom. The first-order valence-corrected chi connectivity index (χ1v) is 8.29. The van der Waals surface area contributed by atoms with E-state index in [9.17, 15) is 14.8 Å². The van der Waals surface area contributed by atoms with Crippen molar-refractivity contribution in [3.05, 3.63) is 16.8 Å². The largest absolute Gasteiger partial charge is 0.488 e. The van der Waals surface area contributed by atoms with Gasteiger partial charge in [0.25, 0.3) is 0 Å². The Morgan fingerprint density at radius 2 is 2.30 bits per heavy atom. The number of H-pyrrole nitrogens is 1. The Bertz CT molecular complexity index is 826. The fraction of sp³-hybridized carbons (Fsp3) is 0.500. The minimum Gasteiger partial charge on any atom is -0.385 e. The topological polar surface area (TPSA) is 158 Å². The normalized spacial score (nSPS) is 37.1. The molecular weight excluding hydrogens is 328 g/mol. The van der Waals surface area contributed by atoms with Crippen LogP contribution in [0.25, 0.3) is 11.2 Å². The average Bonchev–Trinajstić information content (AvgIpc) is 2.97. The molecule has 23 heavy (non-hydrogen) atoms. The molecule has 2 aliphatic rings. The van der Waals surface area contributed by atoms with E-state index in [2.05, 4.69) is 15.0 Å². The minimum absolute atomic E-state index is 0.0623. The van der Waals surface area contributed by atoms with Gasteiger partial charge in [0, 0.05) is 0 Å². The number of aliphatic hydroxyl groups excluding tert-OH is 1. The van der Waals surface area contributed by atoms with E-state index in [1.807, 2.05) is 0 Å². The number of rotatable bonds is 1. The van der Waals surface area contributed by atoms with E-state index in [1.54, 1.807) is 0 Å². The molecule has 0 amide bonds. The van der Waals surface area contributed by atoms with Gasteiger partial charge in [0.05, 0.1) is 0 Å². The fourth-order valence-corrected chi connectivity index (χ4v) is 3.80. The van der Waals surface area contributed by atoms with Gasteiger partial charge < -0.3 is 20.6 Å². The molecular formula is C10H12BN5O6P+. The predicted molar refractivity (Wildman–Crippen MR) is 78.2 cm³/mol. The summed E-state index contributed by atoms with van der Waals surface area (Å²) in [7, 11) is 1.95. The molecule has 0 bridgehead atoms. The van der Waals surface area contributed by atoms with Crippen LogP contribution >= 0.6 is 7.82 Å². The van der Waals surface area contributed by atoms with Gasteiger partial charge in [0.15, 0.2) is 23.8 Å². The Balaban J connectivity index is 1.76. The van der Waals surface area contributed by atoms with Gasteiger partial charge in [-0.3, -0.25) is 0 Å². The molecule has 11 nitrogen and oxygen atoms in total. The van der Waals surface area contributed by atoms with Gasteiger partial charge in [-0.05, 0) is 0 Å². The number of hydrogen-bond acceptors (Lipinski definition) is 9. The summed E-state index contributed by atoms with van der Waals surface area (Å²) in [4.78, 5) is 32.2. The van der Waals surface area contributed by atoms with Crippen LogP contribution in [-0.4, -0.2) is 62.0 Å². The van der Waals surface area contributed by atoms with E-state index in [0.29, 0.717) is 0 Å². The molecule has 0 spiro atoms. The first-order chi connectivity index (χ1) is 10.9. The molecule has 4 rings (SSSR count). The van der Waals surface area contributed by atoms with Gasteiger partial charge in [-0.1, -0.05) is 0 Å². The summed E-state index contributed by atoms with van der Waals surface area (Å²) in [6, 6.07) is 0. The number of nitrogens with two attached hydrogens (primary N) is 1. The monoisotopic (exact) mass is 340 g/mol. The van der Waals surface area contributed by atoms with Crippen molar-refractivity contribution >= 4 is 32.4 Å². The van der Waals surface area contributed by atoms with Crippen LogP contribution < -0.4 is 11.4 Å². The molecule has 13 heteroatoms. The maximum atomic E-state index is 12.2. The Kier molecular flexibility index (Phi) is 3.24. The molecule has 2 aliphatic heterocycles. The van der Waals surface area contributed by atoms with E-state index in [0.717, 1.165) is 4.57 Å². The zero-order valence-corrected chi connectivity index (χ0v) is 12.5. The number of ether oxygens (including phenoxy) is 1. The molecule has 2 fully saturated rings. The summed E-state index contributed by atoms with van der Waals surface area (Å²) < 4.78 is 16.9. The fourth-order valence-electron chi connectivity index (χ4n) is 2.77. The highest BCUT2D eigenvalue weighted by atomic mass is 31.2. The third kappa shape index (κ3) is 2.26. The van der Waals surface area contributed by atoms with Crippen molar-refractivity contribution < 1.29 is 23.8 Å². The van der Waals surface area contributed by atoms with Crippen LogP contribution in [0.15, 0.2) is 11.1 Å². The summed E-state index contributed by atoms with van der Waals surface area (Å²) in [6.45, 7) is -0.0623. The summed E-state index contributed by atoms with van der Waals surface area (Å²) in [5.41, 5.74) is 5.54. The first-order valence-electron chi connectivity index (χ1n) is 6.65. The number of anilines is 1. The zero-order valence-electron chi connectivity index (χ0n) is 11.6. The van der Waals surface area contributed by atoms with Crippen LogP contribution in [0, 0.1) is 0 Å². The number of nitrogens with zero attached hydrogens (tertiary/aromatic N) is 3. The smallest absolute Gasteiger partial charge is 0.385 e. The number of aromatic nitrogens is 4. The van der Waals surface area contributed by atoms with Crippen molar-refractivity contribution in [2.45, 2.75) is 24.5 Å². The van der Waals surface area contributed by atoms with Crippen molar-refractivity contribution in [3.8, 4) is 0 Å². The van der Waals surface area contributed by atoms with E-state index in [1.165, 1.54) is 6.33 Å². The summed E-state index contributed by atoms with van der Waals surface area (Å²) in [5, 5.41) is 10.4. The Labute approximate surface area is 130 Å². The van der Waals surface area contributed by atoms with Gasteiger partial charge in [0.2, 0.25) is 0 Å². The maximum absolute atomic E-state index is 12.2. The highest BCUT2D eigenvalue weighted by Gasteiger charge is 2.57. The second-order valence-corrected chi connectivity index (χ2v) is 6.84. The van der Waals surface area contributed by atoms with Gasteiger partial charge in [-0.2, -0.15) is 9.05 Å². The average molecular weight is 340 g/mol. The third-order valence-corrected chi connectivity index (χ3v) is 4.86. The number of nitrogen functional groups attached to an aromatic ring is 1. The lowest BCUT2D eigenvalue weighted by atomic mass is 10.1. The molecule has 0 aromatic carbocycles. The van der Waals surface area contributed by atoms with E-state index in [-0.39, 0.29) is 23.6 Å². The van der Waals surface area contributed by atoms with Crippen LogP contribution in [0.1, 0.15) is 6.23 Å². The van der Waals surface area contributed by atoms with Gasteiger partial charge in [-0.25, -0.2) is 24.2 Å².